The fourth-order valence-corrected chi connectivity index (χ4v) is 0.994. The molecule has 1 heterocycles. The van der Waals surface area contributed by atoms with Gasteiger partial charge in [-0.2, -0.15) is 5.10 Å². The van der Waals surface area contributed by atoms with Gasteiger partial charge >= 0.3 is 0 Å². The monoisotopic (exact) mass is 194 g/mol. The van der Waals surface area contributed by atoms with Crippen molar-refractivity contribution in [3.63, 3.8) is 0 Å². The second kappa shape index (κ2) is 3.44. The number of amidine groups is 1. The maximum atomic E-state index is 5.87. The maximum Gasteiger partial charge on any atom is 0.106 e. The van der Waals surface area contributed by atoms with Crippen molar-refractivity contribution in [3.05, 3.63) is 11.9 Å². The first-order valence-electron chi connectivity index (χ1n) is 4.65. The van der Waals surface area contributed by atoms with Crippen molar-refractivity contribution in [1.82, 2.24) is 9.78 Å². The molecule has 0 radical (unpaired) electrons. The second-order valence-electron chi connectivity index (χ2n) is 4.52. The van der Waals surface area contributed by atoms with Crippen LogP contribution < -0.4 is 5.73 Å². The van der Waals surface area contributed by atoms with Gasteiger partial charge in [-0.05, 0) is 6.92 Å². The minimum Gasteiger partial charge on any atom is -0.387 e. The lowest BCUT2D eigenvalue weighted by atomic mass is 9.95. The third-order valence-electron chi connectivity index (χ3n) is 2.00. The molecule has 0 spiro atoms. The highest BCUT2D eigenvalue weighted by Crippen LogP contribution is 2.20. The Morgan fingerprint density at radius 2 is 2.07 bits per heavy atom. The van der Waals surface area contributed by atoms with Gasteiger partial charge in [-0.3, -0.25) is 4.68 Å². The first-order valence-corrected chi connectivity index (χ1v) is 4.65. The van der Waals surface area contributed by atoms with Crippen LogP contribution >= 0.6 is 0 Å². The number of aromatic nitrogens is 2. The largest absolute Gasteiger partial charge is 0.387 e. The minimum atomic E-state index is -0.0950. The molecule has 0 aliphatic heterocycles. The third kappa shape index (κ3) is 2.34. The average molecular weight is 194 g/mol. The van der Waals surface area contributed by atoms with Gasteiger partial charge < -0.3 is 5.73 Å². The molecule has 0 atom stereocenters. The third-order valence-corrected chi connectivity index (χ3v) is 2.00. The molecule has 0 saturated carbocycles. The van der Waals surface area contributed by atoms with Crippen molar-refractivity contribution >= 4 is 11.5 Å². The predicted molar refractivity (Wildman–Crippen MR) is 58.7 cm³/mol. The quantitative estimate of drug-likeness (QED) is 0.547. The number of aliphatic imine (C=N–C) groups is 1. The lowest BCUT2D eigenvalue weighted by molar-refractivity contribution is 0.585. The molecule has 0 unspecified atom stereocenters. The number of hydrogen-bond donors (Lipinski definition) is 1. The van der Waals surface area contributed by atoms with Gasteiger partial charge in [0.1, 0.15) is 11.5 Å². The van der Waals surface area contributed by atoms with Crippen LogP contribution in [0, 0.1) is 12.3 Å². The van der Waals surface area contributed by atoms with E-state index in [0.717, 1.165) is 11.4 Å². The first kappa shape index (κ1) is 10.8. The van der Waals surface area contributed by atoms with E-state index in [-0.39, 0.29) is 5.41 Å². The molecule has 4 heteroatoms. The van der Waals surface area contributed by atoms with Crippen LogP contribution in [0.15, 0.2) is 11.2 Å². The Bertz CT molecular complexity index is 355. The van der Waals surface area contributed by atoms with Crippen LogP contribution in [-0.4, -0.2) is 15.6 Å². The van der Waals surface area contributed by atoms with Crippen molar-refractivity contribution in [3.8, 4) is 0 Å². The molecule has 78 valence electrons. The molecular formula is C10H18N4. The standard InChI is InChI=1S/C10H18N4/c1-7-8(6-14(5)13-7)12-9(11)10(2,3)4/h6H,1-5H3,(H2,11,12). The van der Waals surface area contributed by atoms with Crippen molar-refractivity contribution in [2.45, 2.75) is 27.7 Å². The van der Waals surface area contributed by atoms with Crippen LogP contribution in [0.3, 0.4) is 0 Å². The van der Waals surface area contributed by atoms with Crippen LogP contribution in [-0.2, 0) is 7.05 Å². The molecule has 2 N–H and O–H groups in total. The lowest BCUT2D eigenvalue weighted by Crippen LogP contribution is -2.28. The molecule has 0 aliphatic carbocycles. The fraction of sp³-hybridized carbons (Fsp3) is 0.600. The van der Waals surface area contributed by atoms with E-state index in [1.807, 2.05) is 40.9 Å². The Morgan fingerprint density at radius 1 is 1.50 bits per heavy atom. The molecule has 0 aromatic carbocycles. The molecule has 1 aromatic heterocycles. The molecule has 0 amide bonds. The minimum absolute atomic E-state index is 0.0950. The molecule has 0 aliphatic rings. The first-order chi connectivity index (χ1) is 6.30. The van der Waals surface area contributed by atoms with Crippen molar-refractivity contribution < 1.29 is 0 Å². The zero-order valence-electron chi connectivity index (χ0n) is 9.50. The summed E-state index contributed by atoms with van der Waals surface area (Å²) in [5.41, 5.74) is 7.53. The summed E-state index contributed by atoms with van der Waals surface area (Å²) in [4.78, 5) is 4.36. The van der Waals surface area contributed by atoms with E-state index >= 15 is 0 Å². The zero-order valence-corrected chi connectivity index (χ0v) is 9.50. The Hall–Kier alpha value is -1.32. The lowest BCUT2D eigenvalue weighted by Gasteiger charge is -2.16. The van der Waals surface area contributed by atoms with Crippen LogP contribution in [0.1, 0.15) is 26.5 Å². The highest BCUT2D eigenvalue weighted by molar-refractivity contribution is 5.87. The molecule has 4 nitrogen and oxygen atoms in total. The highest BCUT2D eigenvalue weighted by Gasteiger charge is 2.16. The summed E-state index contributed by atoms with van der Waals surface area (Å²) in [6.45, 7) is 8.04. The Balaban J connectivity index is 3.03. The predicted octanol–water partition coefficient (Wildman–Crippen LogP) is 1.76. The van der Waals surface area contributed by atoms with Gasteiger partial charge in [0.05, 0.1) is 11.9 Å². The summed E-state index contributed by atoms with van der Waals surface area (Å²) in [6, 6.07) is 0. The number of nitrogens with zero attached hydrogens (tertiary/aromatic N) is 3. The summed E-state index contributed by atoms with van der Waals surface area (Å²) in [5, 5.41) is 4.20. The normalized spacial score (nSPS) is 13.4. The molecule has 1 aromatic rings. The Labute approximate surface area is 84.8 Å². The van der Waals surface area contributed by atoms with Crippen LogP contribution in [0.4, 0.5) is 5.69 Å². The SMILES string of the molecule is Cc1nn(C)cc1N=C(N)C(C)(C)C. The summed E-state index contributed by atoms with van der Waals surface area (Å²) in [6.07, 6.45) is 1.87. The van der Waals surface area contributed by atoms with Crippen LogP contribution in [0.25, 0.3) is 0 Å². The Morgan fingerprint density at radius 3 is 2.43 bits per heavy atom. The van der Waals surface area contributed by atoms with Crippen molar-refractivity contribution in [1.29, 1.82) is 0 Å². The molecule has 0 bridgehead atoms. The molecule has 14 heavy (non-hydrogen) atoms. The summed E-state index contributed by atoms with van der Waals surface area (Å²) < 4.78 is 1.74. The van der Waals surface area contributed by atoms with Crippen molar-refractivity contribution in [2.24, 2.45) is 23.2 Å². The van der Waals surface area contributed by atoms with E-state index in [4.69, 9.17) is 5.73 Å². The van der Waals surface area contributed by atoms with Gasteiger partial charge in [0.15, 0.2) is 0 Å². The van der Waals surface area contributed by atoms with Gasteiger partial charge in [0, 0.05) is 12.5 Å². The van der Waals surface area contributed by atoms with Crippen molar-refractivity contribution in [2.75, 3.05) is 0 Å². The van der Waals surface area contributed by atoms with E-state index in [1.165, 1.54) is 0 Å². The summed E-state index contributed by atoms with van der Waals surface area (Å²) in [7, 11) is 1.87. The topological polar surface area (TPSA) is 56.2 Å². The van der Waals surface area contributed by atoms with Crippen LogP contribution in [0.2, 0.25) is 0 Å². The van der Waals surface area contributed by atoms with E-state index in [0.29, 0.717) is 5.84 Å². The number of aryl methyl sites for hydroxylation is 2. The van der Waals surface area contributed by atoms with E-state index in [9.17, 15) is 0 Å². The molecular weight excluding hydrogens is 176 g/mol. The number of rotatable bonds is 1. The highest BCUT2D eigenvalue weighted by atomic mass is 15.3. The van der Waals surface area contributed by atoms with Crippen LogP contribution in [0.5, 0.6) is 0 Å². The average Bonchev–Trinajstić information content (AvgIpc) is 2.28. The number of nitrogens with two attached hydrogens (primary N) is 1. The second-order valence-corrected chi connectivity index (χ2v) is 4.52. The van der Waals surface area contributed by atoms with Gasteiger partial charge in [0.2, 0.25) is 0 Å². The fourth-order valence-electron chi connectivity index (χ4n) is 0.994. The van der Waals surface area contributed by atoms with Gasteiger partial charge in [-0.1, -0.05) is 20.8 Å². The van der Waals surface area contributed by atoms with Gasteiger partial charge in [0.25, 0.3) is 0 Å². The summed E-state index contributed by atoms with van der Waals surface area (Å²) >= 11 is 0. The van der Waals surface area contributed by atoms with E-state index in [1.54, 1.807) is 4.68 Å². The van der Waals surface area contributed by atoms with Gasteiger partial charge in [-0.15, -0.1) is 0 Å². The zero-order chi connectivity index (χ0) is 10.9. The smallest absolute Gasteiger partial charge is 0.106 e. The van der Waals surface area contributed by atoms with E-state index < -0.39 is 0 Å². The Kier molecular flexibility index (Phi) is 2.64. The maximum absolute atomic E-state index is 5.87. The molecule has 1 rings (SSSR count). The molecule has 0 saturated heterocycles. The number of hydrogen-bond acceptors (Lipinski definition) is 2. The molecule has 0 fully saturated rings. The van der Waals surface area contributed by atoms with E-state index in [2.05, 4.69) is 10.1 Å². The summed E-state index contributed by atoms with van der Waals surface area (Å²) in [5.74, 6) is 0.633. The van der Waals surface area contributed by atoms with Gasteiger partial charge in [-0.25, -0.2) is 4.99 Å².